The van der Waals surface area contributed by atoms with E-state index in [9.17, 15) is 9.90 Å². The third kappa shape index (κ3) is 2.39. The standard InChI is InChI=1S/C12H17N3O2/c1-8(16)9-4-6-15(7-9)12(17)10-3-2-5-14-11(10)13/h2-3,5,8-9,16H,4,6-7H2,1H3,(H2,13,14). The number of rotatable bonds is 2. The van der Waals surface area contributed by atoms with Crippen molar-refractivity contribution in [3.05, 3.63) is 23.9 Å². The second-order valence-corrected chi connectivity index (χ2v) is 4.48. The van der Waals surface area contributed by atoms with Crippen LogP contribution in [0.5, 0.6) is 0 Å². The van der Waals surface area contributed by atoms with Crippen LogP contribution in [0, 0.1) is 5.92 Å². The van der Waals surface area contributed by atoms with Crippen LogP contribution in [0.25, 0.3) is 0 Å². The van der Waals surface area contributed by atoms with Crippen LogP contribution in [0.4, 0.5) is 5.82 Å². The van der Waals surface area contributed by atoms with Gasteiger partial charge in [-0.05, 0) is 25.5 Å². The van der Waals surface area contributed by atoms with E-state index < -0.39 is 0 Å². The Balaban J connectivity index is 2.10. The van der Waals surface area contributed by atoms with Crippen LogP contribution >= 0.6 is 0 Å². The topological polar surface area (TPSA) is 79.5 Å². The lowest BCUT2D eigenvalue weighted by Crippen LogP contribution is -2.31. The minimum Gasteiger partial charge on any atom is -0.393 e. The highest BCUT2D eigenvalue weighted by Crippen LogP contribution is 2.22. The summed E-state index contributed by atoms with van der Waals surface area (Å²) in [5, 5.41) is 9.50. The quantitative estimate of drug-likeness (QED) is 0.782. The Morgan fingerprint density at radius 3 is 3.06 bits per heavy atom. The number of nitrogens with two attached hydrogens (primary N) is 1. The lowest BCUT2D eigenvalue weighted by Gasteiger charge is -2.18. The molecule has 5 heteroatoms. The maximum atomic E-state index is 12.2. The molecule has 1 saturated heterocycles. The molecule has 2 atom stereocenters. The predicted octanol–water partition coefficient (Wildman–Crippen LogP) is 0.507. The van der Waals surface area contributed by atoms with Gasteiger partial charge in [-0.1, -0.05) is 0 Å². The second kappa shape index (κ2) is 4.71. The molecule has 3 N–H and O–H groups in total. The number of aliphatic hydroxyl groups is 1. The molecule has 1 fully saturated rings. The number of carbonyl (C=O) groups excluding carboxylic acids is 1. The molecule has 0 aliphatic carbocycles. The minimum atomic E-state index is -0.376. The fourth-order valence-electron chi connectivity index (χ4n) is 2.13. The Kier molecular flexibility index (Phi) is 3.28. The van der Waals surface area contributed by atoms with Crippen molar-refractivity contribution >= 4 is 11.7 Å². The zero-order valence-electron chi connectivity index (χ0n) is 9.84. The number of amides is 1. The summed E-state index contributed by atoms with van der Waals surface area (Å²) in [5.74, 6) is 0.327. The molecule has 1 amide bonds. The smallest absolute Gasteiger partial charge is 0.257 e. The van der Waals surface area contributed by atoms with E-state index in [0.29, 0.717) is 18.7 Å². The summed E-state index contributed by atoms with van der Waals surface area (Å²) in [4.78, 5) is 17.8. The lowest BCUT2D eigenvalue weighted by atomic mass is 10.0. The van der Waals surface area contributed by atoms with Crippen molar-refractivity contribution in [1.29, 1.82) is 0 Å². The van der Waals surface area contributed by atoms with E-state index in [1.165, 1.54) is 0 Å². The molecule has 1 aromatic rings. The molecular formula is C12H17N3O2. The zero-order chi connectivity index (χ0) is 12.4. The van der Waals surface area contributed by atoms with Crippen LogP contribution in [0.3, 0.4) is 0 Å². The van der Waals surface area contributed by atoms with Crippen LogP contribution in [-0.2, 0) is 0 Å². The summed E-state index contributed by atoms with van der Waals surface area (Å²) in [6, 6.07) is 3.38. The van der Waals surface area contributed by atoms with E-state index >= 15 is 0 Å². The van der Waals surface area contributed by atoms with Crippen LogP contribution in [0.15, 0.2) is 18.3 Å². The number of aliphatic hydroxyl groups excluding tert-OH is 1. The third-order valence-electron chi connectivity index (χ3n) is 3.26. The van der Waals surface area contributed by atoms with Crippen molar-refractivity contribution in [3.63, 3.8) is 0 Å². The number of hydrogen-bond donors (Lipinski definition) is 2. The lowest BCUT2D eigenvalue weighted by molar-refractivity contribution is 0.0763. The summed E-state index contributed by atoms with van der Waals surface area (Å²) in [6.45, 7) is 3.02. The monoisotopic (exact) mass is 235 g/mol. The number of pyridine rings is 1. The number of nitrogens with zero attached hydrogens (tertiary/aromatic N) is 2. The Hall–Kier alpha value is -1.62. The van der Waals surface area contributed by atoms with E-state index in [4.69, 9.17) is 5.73 Å². The van der Waals surface area contributed by atoms with Gasteiger partial charge in [0, 0.05) is 25.2 Å². The molecule has 1 aliphatic rings. The van der Waals surface area contributed by atoms with E-state index in [1.54, 1.807) is 30.2 Å². The second-order valence-electron chi connectivity index (χ2n) is 4.48. The molecule has 2 unspecified atom stereocenters. The van der Waals surface area contributed by atoms with Gasteiger partial charge >= 0.3 is 0 Å². The number of carbonyl (C=O) groups is 1. The Labute approximate surface area is 100 Å². The van der Waals surface area contributed by atoms with Gasteiger partial charge in [-0.3, -0.25) is 4.79 Å². The average molecular weight is 235 g/mol. The third-order valence-corrected chi connectivity index (χ3v) is 3.26. The van der Waals surface area contributed by atoms with Crippen molar-refractivity contribution in [2.24, 2.45) is 5.92 Å². The van der Waals surface area contributed by atoms with Gasteiger partial charge in [0.1, 0.15) is 5.82 Å². The average Bonchev–Trinajstić information content (AvgIpc) is 2.78. The van der Waals surface area contributed by atoms with Crippen LogP contribution in [0.1, 0.15) is 23.7 Å². The van der Waals surface area contributed by atoms with E-state index in [2.05, 4.69) is 4.98 Å². The highest BCUT2D eigenvalue weighted by atomic mass is 16.3. The SMILES string of the molecule is CC(O)C1CCN(C(=O)c2cccnc2N)C1. The molecule has 0 radical (unpaired) electrons. The first-order valence-corrected chi connectivity index (χ1v) is 5.77. The van der Waals surface area contributed by atoms with Crippen molar-refractivity contribution in [1.82, 2.24) is 9.88 Å². The number of hydrogen-bond acceptors (Lipinski definition) is 4. The first-order chi connectivity index (χ1) is 8.09. The van der Waals surface area contributed by atoms with Gasteiger partial charge in [0.15, 0.2) is 0 Å². The number of aromatic nitrogens is 1. The van der Waals surface area contributed by atoms with Gasteiger partial charge in [0.2, 0.25) is 0 Å². The van der Waals surface area contributed by atoms with Crippen molar-refractivity contribution in [2.75, 3.05) is 18.8 Å². The van der Waals surface area contributed by atoms with Crippen molar-refractivity contribution in [3.8, 4) is 0 Å². The number of nitrogen functional groups attached to an aromatic ring is 1. The molecule has 0 aromatic carbocycles. The Morgan fingerprint density at radius 2 is 2.47 bits per heavy atom. The van der Waals surface area contributed by atoms with Gasteiger partial charge in [-0.2, -0.15) is 0 Å². The molecule has 92 valence electrons. The van der Waals surface area contributed by atoms with Crippen LogP contribution < -0.4 is 5.73 Å². The van der Waals surface area contributed by atoms with Gasteiger partial charge in [-0.25, -0.2) is 4.98 Å². The maximum absolute atomic E-state index is 12.2. The first kappa shape index (κ1) is 11.9. The summed E-state index contributed by atoms with van der Waals surface area (Å²) in [7, 11) is 0. The maximum Gasteiger partial charge on any atom is 0.257 e. The molecule has 5 nitrogen and oxygen atoms in total. The van der Waals surface area contributed by atoms with Crippen molar-refractivity contribution in [2.45, 2.75) is 19.4 Å². The highest BCUT2D eigenvalue weighted by molar-refractivity contribution is 5.98. The molecule has 2 rings (SSSR count). The fourth-order valence-corrected chi connectivity index (χ4v) is 2.13. The zero-order valence-corrected chi connectivity index (χ0v) is 9.84. The molecular weight excluding hydrogens is 218 g/mol. The van der Waals surface area contributed by atoms with E-state index in [0.717, 1.165) is 6.42 Å². The molecule has 1 aromatic heterocycles. The molecule has 17 heavy (non-hydrogen) atoms. The fraction of sp³-hybridized carbons (Fsp3) is 0.500. The Bertz CT molecular complexity index is 420. The number of anilines is 1. The van der Waals surface area contributed by atoms with Crippen molar-refractivity contribution < 1.29 is 9.90 Å². The molecule has 1 aliphatic heterocycles. The normalized spacial score (nSPS) is 21.5. The molecule has 0 spiro atoms. The van der Waals surface area contributed by atoms with Crippen LogP contribution in [0.2, 0.25) is 0 Å². The van der Waals surface area contributed by atoms with Gasteiger partial charge in [-0.15, -0.1) is 0 Å². The summed E-state index contributed by atoms with van der Waals surface area (Å²) >= 11 is 0. The molecule has 0 saturated carbocycles. The summed E-state index contributed by atoms with van der Waals surface area (Å²) < 4.78 is 0. The molecule has 2 heterocycles. The van der Waals surface area contributed by atoms with Gasteiger partial charge in [0.05, 0.1) is 11.7 Å². The van der Waals surface area contributed by atoms with E-state index in [1.807, 2.05) is 0 Å². The first-order valence-electron chi connectivity index (χ1n) is 5.77. The Morgan fingerprint density at radius 1 is 1.71 bits per heavy atom. The highest BCUT2D eigenvalue weighted by Gasteiger charge is 2.30. The summed E-state index contributed by atoms with van der Waals surface area (Å²) in [6.07, 6.45) is 2.03. The van der Waals surface area contributed by atoms with Gasteiger partial charge < -0.3 is 15.7 Å². The predicted molar refractivity (Wildman–Crippen MR) is 64.3 cm³/mol. The van der Waals surface area contributed by atoms with E-state index in [-0.39, 0.29) is 23.7 Å². The summed E-state index contributed by atoms with van der Waals surface area (Å²) in [5.41, 5.74) is 6.12. The van der Waals surface area contributed by atoms with Gasteiger partial charge in [0.25, 0.3) is 5.91 Å². The van der Waals surface area contributed by atoms with Crippen LogP contribution in [-0.4, -0.2) is 40.1 Å². The minimum absolute atomic E-state index is 0.0984. The largest absolute Gasteiger partial charge is 0.393 e. The molecule has 0 bridgehead atoms. The number of likely N-dealkylation sites (tertiary alicyclic amines) is 1.